The Morgan fingerprint density at radius 3 is 2.42 bits per heavy atom. The van der Waals surface area contributed by atoms with Gasteiger partial charge in [-0.2, -0.15) is 5.10 Å². The van der Waals surface area contributed by atoms with Crippen LogP contribution in [0.5, 0.6) is 17.4 Å². The zero-order valence-electron chi connectivity index (χ0n) is 21.3. The molecule has 1 aliphatic rings. The molecule has 6 nitrogen and oxygen atoms in total. The third kappa shape index (κ3) is 6.57. The minimum Gasteiger partial charge on any atom is -0.491 e. The summed E-state index contributed by atoms with van der Waals surface area (Å²) in [6.07, 6.45) is 1.59. The molecule has 0 radical (unpaired) electrons. The number of aromatic nitrogens is 2. The maximum Gasteiger partial charge on any atom is 0.227 e. The lowest BCUT2D eigenvalue weighted by molar-refractivity contribution is 0.0636. The standard InChI is InChI=1S/C30H31F2N3O3/c1-21-27(19-34(17-22-12-13-22)18-25(36)20-37-26-10-6-3-7-11-26)30(35(33-21)24-8-4-2-5-9-24)38-29-15-14-23(31)16-28(29)32/h2-11,14-16,22,25,36H,12-13,17-20H2,1H3. The van der Waals surface area contributed by atoms with E-state index in [1.54, 1.807) is 4.68 Å². The van der Waals surface area contributed by atoms with E-state index in [2.05, 4.69) is 4.90 Å². The number of ether oxygens (including phenoxy) is 2. The molecule has 1 aromatic heterocycles. The Balaban J connectivity index is 1.41. The van der Waals surface area contributed by atoms with Crippen LogP contribution < -0.4 is 9.47 Å². The predicted octanol–water partition coefficient (Wildman–Crippen LogP) is 5.90. The van der Waals surface area contributed by atoms with Gasteiger partial charge in [-0.1, -0.05) is 36.4 Å². The number of para-hydroxylation sites is 2. The van der Waals surface area contributed by atoms with Gasteiger partial charge in [0.2, 0.25) is 5.88 Å². The van der Waals surface area contributed by atoms with E-state index in [9.17, 15) is 13.9 Å². The monoisotopic (exact) mass is 519 g/mol. The SMILES string of the molecule is Cc1nn(-c2ccccc2)c(Oc2ccc(F)cc2F)c1CN(CC(O)COc1ccccc1)CC1CC1. The highest BCUT2D eigenvalue weighted by Crippen LogP contribution is 2.35. The third-order valence-corrected chi connectivity index (χ3v) is 6.49. The lowest BCUT2D eigenvalue weighted by Crippen LogP contribution is -2.36. The Hall–Kier alpha value is -3.75. The molecule has 0 amide bonds. The smallest absolute Gasteiger partial charge is 0.227 e. The molecule has 0 saturated heterocycles. The van der Waals surface area contributed by atoms with Crippen molar-refractivity contribution in [2.24, 2.45) is 5.92 Å². The summed E-state index contributed by atoms with van der Waals surface area (Å²) < 4.78 is 41.6. The Labute approximate surface area is 221 Å². The number of rotatable bonds is 12. The van der Waals surface area contributed by atoms with Crippen LogP contribution in [0.1, 0.15) is 24.1 Å². The van der Waals surface area contributed by atoms with Crippen molar-refractivity contribution < 1.29 is 23.4 Å². The molecule has 1 fully saturated rings. The first-order valence-electron chi connectivity index (χ1n) is 12.8. The van der Waals surface area contributed by atoms with Crippen molar-refractivity contribution in [3.63, 3.8) is 0 Å². The normalized spacial score (nSPS) is 14.0. The summed E-state index contributed by atoms with van der Waals surface area (Å²) in [7, 11) is 0. The molecule has 0 bridgehead atoms. The van der Waals surface area contributed by atoms with E-state index in [4.69, 9.17) is 14.6 Å². The Kier molecular flexibility index (Phi) is 8.00. The maximum absolute atomic E-state index is 14.6. The topological polar surface area (TPSA) is 59.8 Å². The van der Waals surface area contributed by atoms with Crippen molar-refractivity contribution in [3.05, 3.63) is 102 Å². The van der Waals surface area contributed by atoms with Crippen LogP contribution in [0, 0.1) is 24.5 Å². The van der Waals surface area contributed by atoms with Crippen molar-refractivity contribution in [2.75, 3.05) is 19.7 Å². The first-order valence-corrected chi connectivity index (χ1v) is 12.8. The van der Waals surface area contributed by atoms with Gasteiger partial charge in [-0.15, -0.1) is 0 Å². The van der Waals surface area contributed by atoms with Crippen molar-refractivity contribution in [2.45, 2.75) is 32.4 Å². The van der Waals surface area contributed by atoms with Gasteiger partial charge in [-0.25, -0.2) is 13.5 Å². The third-order valence-electron chi connectivity index (χ3n) is 6.49. The molecule has 5 rings (SSSR count). The number of aryl methyl sites for hydroxylation is 1. The van der Waals surface area contributed by atoms with Gasteiger partial charge >= 0.3 is 0 Å². The molecule has 1 atom stereocenters. The molecule has 1 unspecified atom stereocenters. The van der Waals surface area contributed by atoms with Crippen LogP contribution in [0.2, 0.25) is 0 Å². The Morgan fingerprint density at radius 1 is 1.03 bits per heavy atom. The number of nitrogens with zero attached hydrogens (tertiary/aromatic N) is 3. The molecule has 4 aromatic rings. The number of benzene rings is 3. The van der Waals surface area contributed by atoms with Gasteiger partial charge in [0.1, 0.15) is 24.3 Å². The number of aliphatic hydroxyl groups is 1. The summed E-state index contributed by atoms with van der Waals surface area (Å²) in [5, 5.41) is 15.5. The number of hydrogen-bond acceptors (Lipinski definition) is 5. The predicted molar refractivity (Wildman–Crippen MR) is 141 cm³/mol. The summed E-state index contributed by atoms with van der Waals surface area (Å²) in [6.45, 7) is 3.69. The van der Waals surface area contributed by atoms with Crippen LogP contribution in [0.4, 0.5) is 8.78 Å². The summed E-state index contributed by atoms with van der Waals surface area (Å²) in [5.74, 6) is 0.0746. The minimum atomic E-state index is -0.794. The van der Waals surface area contributed by atoms with E-state index in [1.807, 2.05) is 67.6 Å². The average Bonchev–Trinajstić information content (AvgIpc) is 3.69. The molecule has 1 N–H and O–H groups in total. The van der Waals surface area contributed by atoms with Gasteiger partial charge < -0.3 is 14.6 Å². The Morgan fingerprint density at radius 2 is 1.74 bits per heavy atom. The molecule has 1 saturated carbocycles. The first-order chi connectivity index (χ1) is 18.5. The van der Waals surface area contributed by atoms with E-state index in [0.29, 0.717) is 30.6 Å². The lowest BCUT2D eigenvalue weighted by Gasteiger charge is -2.25. The Bertz CT molecular complexity index is 1340. The second kappa shape index (κ2) is 11.8. The van der Waals surface area contributed by atoms with Crippen LogP contribution in [0.25, 0.3) is 5.69 Å². The van der Waals surface area contributed by atoms with Crippen molar-refractivity contribution in [3.8, 4) is 23.1 Å². The van der Waals surface area contributed by atoms with Crippen LogP contribution in [0.15, 0.2) is 78.9 Å². The largest absolute Gasteiger partial charge is 0.491 e. The average molecular weight is 520 g/mol. The minimum absolute atomic E-state index is 0.0882. The summed E-state index contributed by atoms with van der Waals surface area (Å²) in [4.78, 5) is 2.17. The molecule has 0 aliphatic heterocycles. The van der Waals surface area contributed by atoms with Crippen LogP contribution in [-0.2, 0) is 6.54 Å². The van der Waals surface area contributed by atoms with E-state index in [-0.39, 0.29) is 12.4 Å². The maximum atomic E-state index is 14.6. The van der Waals surface area contributed by atoms with E-state index in [0.717, 1.165) is 48.5 Å². The summed E-state index contributed by atoms with van der Waals surface area (Å²) in [6, 6.07) is 22.1. The molecule has 198 valence electrons. The molecule has 3 aromatic carbocycles. The van der Waals surface area contributed by atoms with E-state index >= 15 is 0 Å². The van der Waals surface area contributed by atoms with Crippen LogP contribution >= 0.6 is 0 Å². The van der Waals surface area contributed by atoms with Gasteiger partial charge in [-0.05, 0) is 62.1 Å². The highest BCUT2D eigenvalue weighted by atomic mass is 19.1. The lowest BCUT2D eigenvalue weighted by atomic mass is 10.2. The highest BCUT2D eigenvalue weighted by molar-refractivity contribution is 5.43. The van der Waals surface area contributed by atoms with E-state index < -0.39 is 17.7 Å². The van der Waals surface area contributed by atoms with Crippen molar-refractivity contribution in [1.29, 1.82) is 0 Å². The molecule has 0 spiro atoms. The zero-order valence-corrected chi connectivity index (χ0v) is 21.3. The molecule has 38 heavy (non-hydrogen) atoms. The van der Waals surface area contributed by atoms with Gasteiger partial charge in [0.05, 0.1) is 16.9 Å². The zero-order chi connectivity index (χ0) is 26.5. The van der Waals surface area contributed by atoms with Crippen LogP contribution in [0.3, 0.4) is 0 Å². The summed E-state index contributed by atoms with van der Waals surface area (Å²) >= 11 is 0. The van der Waals surface area contributed by atoms with Crippen LogP contribution in [-0.4, -0.2) is 45.6 Å². The fourth-order valence-corrected chi connectivity index (χ4v) is 4.38. The van der Waals surface area contributed by atoms with Gasteiger partial charge in [0.25, 0.3) is 0 Å². The second-order valence-corrected chi connectivity index (χ2v) is 9.71. The molecular weight excluding hydrogens is 488 g/mol. The molecule has 1 aliphatic carbocycles. The van der Waals surface area contributed by atoms with Crippen molar-refractivity contribution >= 4 is 0 Å². The quantitative estimate of drug-likeness (QED) is 0.252. The van der Waals surface area contributed by atoms with Gasteiger partial charge in [-0.3, -0.25) is 4.90 Å². The fourth-order valence-electron chi connectivity index (χ4n) is 4.38. The molecular formula is C30H31F2N3O3. The van der Waals surface area contributed by atoms with Gasteiger partial charge in [0, 0.05) is 25.7 Å². The number of hydrogen-bond donors (Lipinski definition) is 1. The molecule has 1 heterocycles. The summed E-state index contributed by atoms with van der Waals surface area (Å²) in [5.41, 5.74) is 2.25. The number of aliphatic hydroxyl groups excluding tert-OH is 1. The first kappa shape index (κ1) is 25.9. The molecule has 8 heteroatoms. The fraction of sp³-hybridized carbons (Fsp3) is 0.300. The second-order valence-electron chi connectivity index (χ2n) is 9.71. The van der Waals surface area contributed by atoms with Gasteiger partial charge in [0.15, 0.2) is 11.6 Å². The number of halogens is 2. The highest BCUT2D eigenvalue weighted by Gasteiger charge is 2.28. The van der Waals surface area contributed by atoms with E-state index in [1.165, 1.54) is 6.07 Å². The van der Waals surface area contributed by atoms with Crippen molar-refractivity contribution in [1.82, 2.24) is 14.7 Å².